The third-order valence-corrected chi connectivity index (χ3v) is 7.57. The number of carbonyl (C=O) groups is 1. The van der Waals surface area contributed by atoms with Crippen molar-refractivity contribution in [2.24, 2.45) is 0 Å². The zero-order valence-electron chi connectivity index (χ0n) is 23.5. The Bertz CT molecular complexity index is 1710. The molecule has 5 rings (SSSR count). The molecule has 11 heteroatoms. The Morgan fingerprint density at radius 3 is 2.46 bits per heavy atom. The zero-order valence-corrected chi connectivity index (χ0v) is 23.5. The number of nitriles is 1. The van der Waals surface area contributed by atoms with Crippen LogP contribution < -0.4 is 16.2 Å². The Morgan fingerprint density at radius 1 is 1.12 bits per heavy atom. The lowest BCUT2D eigenvalue weighted by Crippen LogP contribution is -2.38. The Morgan fingerprint density at radius 2 is 1.80 bits per heavy atom. The summed E-state index contributed by atoms with van der Waals surface area (Å²) < 4.78 is 8.96. The number of benzene rings is 2. The molecule has 1 aliphatic rings. The lowest BCUT2D eigenvalue weighted by Gasteiger charge is -2.29. The molecule has 2 N–H and O–H groups in total. The molecule has 210 valence electrons. The fraction of sp³-hybridized carbons (Fsp3) is 0.300. The second-order valence-corrected chi connectivity index (χ2v) is 10.7. The molecule has 1 atom stereocenters. The number of carbonyl (C=O) groups excluding carboxylic acids is 1. The first-order chi connectivity index (χ1) is 19.6. The van der Waals surface area contributed by atoms with E-state index in [0.29, 0.717) is 41.3 Å². The van der Waals surface area contributed by atoms with Gasteiger partial charge in [-0.25, -0.2) is 14.8 Å². The van der Waals surface area contributed by atoms with Gasteiger partial charge in [-0.1, -0.05) is 18.2 Å². The van der Waals surface area contributed by atoms with Gasteiger partial charge in [-0.15, -0.1) is 0 Å². The number of likely N-dealkylation sites (tertiary alicyclic amines) is 1. The number of aromatic nitrogens is 4. The summed E-state index contributed by atoms with van der Waals surface area (Å²) in [6.07, 6.45) is 3.53. The SMILES string of the molecule is CN(C)C(C)(C)C=C(C#N)C(=O)N1CCC(n2c(=O)n(-c3ccc(Oc4ccccc4)cc3)c3c(N)ncnc32)C1. The van der Waals surface area contributed by atoms with Gasteiger partial charge >= 0.3 is 5.69 Å². The van der Waals surface area contributed by atoms with E-state index in [0.717, 1.165) is 0 Å². The van der Waals surface area contributed by atoms with E-state index in [1.165, 1.54) is 10.9 Å². The van der Waals surface area contributed by atoms with Crippen LogP contribution in [0.4, 0.5) is 5.82 Å². The standard InChI is InChI=1S/C30H32N8O3/c1-30(2,35(3)4)16-20(17-31)28(39)36-15-14-22(18-36)38-27-25(26(32)33-19-34-27)37(29(38)40)21-10-12-24(13-11-21)41-23-8-6-5-7-9-23/h5-13,16,19,22H,14-15,18H2,1-4H3,(H2,32,33,34). The first-order valence-electron chi connectivity index (χ1n) is 13.3. The van der Waals surface area contributed by atoms with Gasteiger partial charge in [0, 0.05) is 18.6 Å². The summed E-state index contributed by atoms with van der Waals surface area (Å²) in [4.78, 5) is 39.3. The highest BCUT2D eigenvalue weighted by Gasteiger charge is 2.34. The minimum Gasteiger partial charge on any atom is -0.457 e. The average molecular weight is 553 g/mol. The van der Waals surface area contributed by atoms with Crippen LogP contribution in [-0.2, 0) is 4.79 Å². The Kier molecular flexibility index (Phi) is 7.34. The van der Waals surface area contributed by atoms with E-state index < -0.39 is 5.54 Å². The van der Waals surface area contributed by atoms with Crippen LogP contribution in [-0.4, -0.2) is 67.5 Å². The van der Waals surface area contributed by atoms with Crippen molar-refractivity contribution in [2.45, 2.75) is 31.8 Å². The summed E-state index contributed by atoms with van der Waals surface area (Å²) in [6.45, 7) is 4.52. The van der Waals surface area contributed by atoms with Gasteiger partial charge < -0.3 is 20.3 Å². The molecule has 0 radical (unpaired) electrons. The predicted molar refractivity (Wildman–Crippen MR) is 156 cm³/mol. The fourth-order valence-electron chi connectivity index (χ4n) is 4.86. The molecule has 0 spiro atoms. The van der Waals surface area contributed by atoms with Crippen molar-refractivity contribution in [3.05, 3.63) is 83.1 Å². The maximum Gasteiger partial charge on any atom is 0.335 e. The Hall–Kier alpha value is -4.95. The third kappa shape index (κ3) is 5.29. The summed E-state index contributed by atoms with van der Waals surface area (Å²) in [5.74, 6) is 1.13. The highest BCUT2D eigenvalue weighted by molar-refractivity contribution is 5.97. The van der Waals surface area contributed by atoms with Crippen molar-refractivity contribution < 1.29 is 9.53 Å². The van der Waals surface area contributed by atoms with E-state index in [1.807, 2.05) is 63.2 Å². The first kappa shape index (κ1) is 27.6. The maximum absolute atomic E-state index is 13.9. The molecule has 1 amide bonds. The van der Waals surface area contributed by atoms with Crippen molar-refractivity contribution >= 4 is 22.9 Å². The number of imidazole rings is 1. The van der Waals surface area contributed by atoms with Crippen LogP contribution in [0.5, 0.6) is 11.5 Å². The molecule has 1 fully saturated rings. The van der Waals surface area contributed by atoms with Crippen LogP contribution in [0.15, 0.2) is 77.4 Å². The predicted octanol–water partition coefficient (Wildman–Crippen LogP) is 3.52. The number of amides is 1. The summed E-state index contributed by atoms with van der Waals surface area (Å²) in [7, 11) is 3.78. The van der Waals surface area contributed by atoms with Crippen molar-refractivity contribution in [1.29, 1.82) is 5.26 Å². The molecule has 11 nitrogen and oxygen atoms in total. The highest BCUT2D eigenvalue weighted by atomic mass is 16.5. The van der Waals surface area contributed by atoms with Crippen LogP contribution in [0.3, 0.4) is 0 Å². The lowest BCUT2D eigenvalue weighted by molar-refractivity contribution is -0.125. The second kappa shape index (κ2) is 10.9. The van der Waals surface area contributed by atoms with Gasteiger partial charge in [0.05, 0.1) is 11.7 Å². The molecular weight excluding hydrogens is 520 g/mol. The van der Waals surface area contributed by atoms with Crippen molar-refractivity contribution in [3.8, 4) is 23.3 Å². The monoisotopic (exact) mass is 552 g/mol. The smallest absolute Gasteiger partial charge is 0.335 e. The average Bonchev–Trinajstić information content (AvgIpc) is 3.55. The van der Waals surface area contributed by atoms with E-state index >= 15 is 0 Å². The molecular formula is C30H32N8O3. The minimum atomic E-state index is -0.486. The van der Waals surface area contributed by atoms with E-state index in [1.54, 1.807) is 39.8 Å². The number of rotatable bonds is 7. The number of hydrogen-bond donors (Lipinski definition) is 1. The molecule has 1 aliphatic heterocycles. The summed E-state index contributed by atoms with van der Waals surface area (Å²) in [5, 5.41) is 9.75. The number of nitrogens with zero attached hydrogens (tertiary/aromatic N) is 7. The summed E-state index contributed by atoms with van der Waals surface area (Å²) >= 11 is 0. The van der Waals surface area contributed by atoms with Crippen molar-refractivity contribution in [1.82, 2.24) is 28.9 Å². The van der Waals surface area contributed by atoms with Crippen LogP contribution in [0.2, 0.25) is 0 Å². The molecule has 41 heavy (non-hydrogen) atoms. The number of para-hydroxylation sites is 1. The fourth-order valence-corrected chi connectivity index (χ4v) is 4.86. The molecule has 1 saturated heterocycles. The van der Waals surface area contributed by atoms with Gasteiger partial charge in [0.1, 0.15) is 35.0 Å². The Balaban J connectivity index is 1.47. The van der Waals surface area contributed by atoms with Gasteiger partial charge in [-0.2, -0.15) is 5.26 Å². The van der Waals surface area contributed by atoms with Crippen LogP contribution >= 0.6 is 0 Å². The lowest BCUT2D eigenvalue weighted by atomic mass is 10.00. The molecule has 2 aromatic heterocycles. The number of hydrogen-bond acceptors (Lipinski definition) is 8. The Labute approximate surface area is 237 Å². The number of fused-ring (bicyclic) bond motifs is 1. The quantitative estimate of drug-likeness (QED) is 0.272. The number of anilines is 1. The molecule has 0 bridgehead atoms. The molecule has 4 aromatic rings. The van der Waals surface area contributed by atoms with Gasteiger partial charge in [0.2, 0.25) is 0 Å². The third-order valence-electron chi connectivity index (χ3n) is 7.57. The topological polar surface area (TPSA) is 135 Å². The maximum atomic E-state index is 13.9. The van der Waals surface area contributed by atoms with E-state index in [4.69, 9.17) is 10.5 Å². The molecule has 3 heterocycles. The van der Waals surface area contributed by atoms with Crippen LogP contribution in [0.1, 0.15) is 26.3 Å². The normalized spacial score (nSPS) is 15.9. The second-order valence-electron chi connectivity index (χ2n) is 10.7. The molecule has 2 aromatic carbocycles. The van der Waals surface area contributed by atoms with Crippen LogP contribution in [0.25, 0.3) is 16.9 Å². The van der Waals surface area contributed by atoms with E-state index in [9.17, 15) is 14.9 Å². The van der Waals surface area contributed by atoms with Gasteiger partial charge in [0.15, 0.2) is 11.5 Å². The minimum absolute atomic E-state index is 0.0727. The van der Waals surface area contributed by atoms with Crippen molar-refractivity contribution in [2.75, 3.05) is 32.9 Å². The largest absolute Gasteiger partial charge is 0.457 e. The number of ether oxygens (including phenoxy) is 1. The summed E-state index contributed by atoms with van der Waals surface area (Å²) in [6, 6.07) is 18.2. The molecule has 0 saturated carbocycles. The van der Waals surface area contributed by atoms with Gasteiger partial charge in [-0.3, -0.25) is 13.9 Å². The first-order valence-corrected chi connectivity index (χ1v) is 13.3. The van der Waals surface area contributed by atoms with E-state index in [-0.39, 0.29) is 35.6 Å². The molecule has 0 aliphatic carbocycles. The molecule has 1 unspecified atom stereocenters. The van der Waals surface area contributed by atoms with Crippen molar-refractivity contribution in [3.63, 3.8) is 0 Å². The van der Waals surface area contributed by atoms with Gasteiger partial charge in [-0.05, 0) is 76.8 Å². The summed E-state index contributed by atoms with van der Waals surface area (Å²) in [5.41, 5.74) is 6.86. The number of nitrogens with two attached hydrogens (primary N) is 1. The van der Waals surface area contributed by atoms with E-state index in [2.05, 4.69) is 16.0 Å². The number of nitrogen functional groups attached to an aromatic ring is 1. The zero-order chi connectivity index (χ0) is 29.3. The van der Waals surface area contributed by atoms with Crippen LogP contribution in [0, 0.1) is 11.3 Å². The highest BCUT2D eigenvalue weighted by Crippen LogP contribution is 2.29. The van der Waals surface area contributed by atoms with Gasteiger partial charge in [0.25, 0.3) is 5.91 Å². The number of likely N-dealkylation sites (N-methyl/N-ethyl adjacent to an activating group) is 1.